The van der Waals surface area contributed by atoms with Gasteiger partial charge in [-0.2, -0.15) is 5.10 Å². The number of hydrogen-bond acceptors (Lipinski definition) is 5. The van der Waals surface area contributed by atoms with Gasteiger partial charge in [-0.15, -0.1) is 0 Å². The van der Waals surface area contributed by atoms with Crippen molar-refractivity contribution in [3.05, 3.63) is 36.0 Å². The normalized spacial score (nSPS) is 10.6. The highest BCUT2D eigenvalue weighted by atomic mass is 16.2. The highest BCUT2D eigenvalue weighted by molar-refractivity contribution is 6.02. The SMILES string of the molecule is CN(C)Cc1cc(NC(=O)c2cnccn2)n[nH]1. The fourth-order valence-corrected chi connectivity index (χ4v) is 1.44. The van der Waals surface area contributed by atoms with Crippen molar-refractivity contribution in [1.82, 2.24) is 25.1 Å². The Morgan fingerprint density at radius 2 is 2.28 bits per heavy atom. The number of hydrogen-bond donors (Lipinski definition) is 2. The average molecular weight is 246 g/mol. The van der Waals surface area contributed by atoms with E-state index in [-0.39, 0.29) is 11.6 Å². The van der Waals surface area contributed by atoms with Crippen LogP contribution in [0.5, 0.6) is 0 Å². The second-order valence-electron chi connectivity index (χ2n) is 4.06. The fraction of sp³-hybridized carbons (Fsp3) is 0.273. The van der Waals surface area contributed by atoms with E-state index in [1.807, 2.05) is 19.0 Å². The van der Waals surface area contributed by atoms with E-state index in [9.17, 15) is 4.79 Å². The van der Waals surface area contributed by atoms with Gasteiger partial charge < -0.3 is 10.2 Å². The van der Waals surface area contributed by atoms with Crippen molar-refractivity contribution >= 4 is 11.7 Å². The monoisotopic (exact) mass is 246 g/mol. The molecular formula is C11H14N6O. The van der Waals surface area contributed by atoms with Crippen molar-refractivity contribution in [3.63, 3.8) is 0 Å². The molecule has 2 heterocycles. The van der Waals surface area contributed by atoms with Gasteiger partial charge in [0.1, 0.15) is 5.69 Å². The molecule has 2 aromatic rings. The van der Waals surface area contributed by atoms with E-state index in [1.165, 1.54) is 18.6 Å². The summed E-state index contributed by atoms with van der Waals surface area (Å²) >= 11 is 0. The lowest BCUT2D eigenvalue weighted by Crippen LogP contribution is -2.14. The van der Waals surface area contributed by atoms with Gasteiger partial charge in [-0.05, 0) is 14.1 Å². The predicted molar refractivity (Wildman–Crippen MR) is 66.0 cm³/mol. The van der Waals surface area contributed by atoms with E-state index in [2.05, 4.69) is 25.5 Å². The third-order valence-electron chi connectivity index (χ3n) is 2.15. The van der Waals surface area contributed by atoms with Crippen molar-refractivity contribution in [2.75, 3.05) is 19.4 Å². The van der Waals surface area contributed by atoms with Crippen molar-refractivity contribution in [2.45, 2.75) is 6.54 Å². The predicted octanol–water partition coefficient (Wildman–Crippen LogP) is 0.514. The highest BCUT2D eigenvalue weighted by Gasteiger charge is 2.09. The number of amides is 1. The number of nitrogens with one attached hydrogen (secondary N) is 2. The van der Waals surface area contributed by atoms with Gasteiger partial charge >= 0.3 is 0 Å². The maximum Gasteiger partial charge on any atom is 0.277 e. The van der Waals surface area contributed by atoms with Crippen molar-refractivity contribution in [3.8, 4) is 0 Å². The van der Waals surface area contributed by atoms with Gasteiger partial charge in [0.2, 0.25) is 0 Å². The van der Waals surface area contributed by atoms with E-state index < -0.39 is 0 Å². The quantitative estimate of drug-likeness (QED) is 0.821. The van der Waals surface area contributed by atoms with Crippen LogP contribution in [0.25, 0.3) is 0 Å². The molecule has 0 radical (unpaired) electrons. The summed E-state index contributed by atoms with van der Waals surface area (Å²) in [5.74, 6) is 0.147. The summed E-state index contributed by atoms with van der Waals surface area (Å²) in [5.41, 5.74) is 1.18. The number of rotatable bonds is 4. The molecule has 0 aliphatic carbocycles. The van der Waals surface area contributed by atoms with Gasteiger partial charge in [0.25, 0.3) is 5.91 Å². The number of carbonyl (C=O) groups is 1. The molecule has 0 aliphatic rings. The maximum atomic E-state index is 11.8. The summed E-state index contributed by atoms with van der Waals surface area (Å²) < 4.78 is 0. The summed E-state index contributed by atoms with van der Waals surface area (Å²) in [7, 11) is 3.91. The standard InChI is InChI=1S/C11H14N6O/c1-17(2)7-8-5-10(16-15-8)14-11(18)9-6-12-3-4-13-9/h3-6H,7H2,1-2H3,(H2,14,15,16,18). The van der Waals surface area contributed by atoms with Gasteiger partial charge in [-0.1, -0.05) is 0 Å². The zero-order valence-corrected chi connectivity index (χ0v) is 10.2. The third-order valence-corrected chi connectivity index (χ3v) is 2.15. The van der Waals surface area contributed by atoms with Crippen LogP contribution in [0.4, 0.5) is 5.82 Å². The molecule has 0 saturated heterocycles. The maximum absolute atomic E-state index is 11.8. The molecule has 2 N–H and O–H groups in total. The molecule has 0 saturated carbocycles. The largest absolute Gasteiger partial charge is 0.304 e. The molecule has 0 spiro atoms. The number of aromatic amines is 1. The molecule has 0 bridgehead atoms. The Morgan fingerprint density at radius 3 is 2.94 bits per heavy atom. The number of aromatic nitrogens is 4. The zero-order valence-electron chi connectivity index (χ0n) is 10.2. The van der Waals surface area contributed by atoms with Crippen molar-refractivity contribution < 1.29 is 4.79 Å². The molecule has 94 valence electrons. The van der Waals surface area contributed by atoms with E-state index in [1.54, 1.807) is 6.07 Å². The summed E-state index contributed by atoms with van der Waals surface area (Å²) in [6.45, 7) is 0.730. The second kappa shape index (κ2) is 5.37. The van der Waals surface area contributed by atoms with Gasteiger partial charge in [-0.3, -0.25) is 14.9 Å². The van der Waals surface area contributed by atoms with Crippen molar-refractivity contribution in [2.24, 2.45) is 0 Å². The van der Waals surface area contributed by atoms with Crippen LogP contribution in [0.1, 0.15) is 16.2 Å². The van der Waals surface area contributed by atoms with Crippen LogP contribution in [-0.2, 0) is 6.54 Å². The van der Waals surface area contributed by atoms with Crippen LogP contribution < -0.4 is 5.32 Å². The smallest absolute Gasteiger partial charge is 0.277 e. The highest BCUT2D eigenvalue weighted by Crippen LogP contribution is 2.07. The molecule has 1 amide bonds. The molecule has 0 aromatic carbocycles. The van der Waals surface area contributed by atoms with Crippen LogP contribution in [0.15, 0.2) is 24.7 Å². The molecule has 0 aliphatic heterocycles. The topological polar surface area (TPSA) is 86.8 Å². The third kappa shape index (κ3) is 3.11. The average Bonchev–Trinajstić information content (AvgIpc) is 2.76. The van der Waals surface area contributed by atoms with E-state index in [0.717, 1.165) is 12.2 Å². The fourth-order valence-electron chi connectivity index (χ4n) is 1.44. The first-order valence-electron chi connectivity index (χ1n) is 5.41. The molecule has 7 nitrogen and oxygen atoms in total. The Hall–Kier alpha value is -2.28. The lowest BCUT2D eigenvalue weighted by Gasteiger charge is -2.05. The Morgan fingerprint density at radius 1 is 1.44 bits per heavy atom. The van der Waals surface area contributed by atoms with Gasteiger partial charge in [0.15, 0.2) is 5.82 Å². The minimum atomic E-state index is -0.328. The molecule has 0 atom stereocenters. The molecule has 7 heteroatoms. The number of anilines is 1. The summed E-state index contributed by atoms with van der Waals surface area (Å²) in [4.78, 5) is 21.5. The van der Waals surface area contributed by atoms with Crippen LogP contribution in [-0.4, -0.2) is 45.1 Å². The van der Waals surface area contributed by atoms with E-state index >= 15 is 0 Å². The summed E-state index contributed by atoms with van der Waals surface area (Å²) in [6.07, 6.45) is 4.39. The first kappa shape index (κ1) is 12.2. The Labute approximate surface area is 104 Å². The molecular weight excluding hydrogens is 232 g/mol. The Kier molecular flexibility index (Phi) is 3.63. The Bertz CT molecular complexity index is 521. The summed E-state index contributed by atoms with van der Waals surface area (Å²) in [6, 6.07) is 1.79. The first-order chi connectivity index (χ1) is 8.65. The van der Waals surface area contributed by atoms with Crippen LogP contribution in [0.2, 0.25) is 0 Å². The van der Waals surface area contributed by atoms with Gasteiger partial charge in [0.05, 0.1) is 11.9 Å². The lowest BCUT2D eigenvalue weighted by atomic mass is 10.4. The minimum absolute atomic E-state index is 0.259. The van der Waals surface area contributed by atoms with E-state index in [0.29, 0.717) is 5.82 Å². The molecule has 2 rings (SSSR count). The lowest BCUT2D eigenvalue weighted by molar-refractivity contribution is 0.102. The Balaban J connectivity index is 2.01. The molecule has 2 aromatic heterocycles. The number of carbonyl (C=O) groups excluding carboxylic acids is 1. The second-order valence-corrected chi connectivity index (χ2v) is 4.06. The van der Waals surface area contributed by atoms with Crippen LogP contribution >= 0.6 is 0 Å². The van der Waals surface area contributed by atoms with Gasteiger partial charge in [0, 0.05) is 25.0 Å². The zero-order chi connectivity index (χ0) is 13.0. The number of nitrogens with zero attached hydrogens (tertiary/aromatic N) is 4. The molecule has 18 heavy (non-hydrogen) atoms. The van der Waals surface area contributed by atoms with Crippen LogP contribution in [0, 0.1) is 0 Å². The van der Waals surface area contributed by atoms with Crippen LogP contribution in [0.3, 0.4) is 0 Å². The summed E-state index contributed by atoms with van der Waals surface area (Å²) in [5, 5.41) is 9.50. The first-order valence-corrected chi connectivity index (χ1v) is 5.41. The van der Waals surface area contributed by atoms with Gasteiger partial charge in [-0.25, -0.2) is 4.98 Å². The van der Waals surface area contributed by atoms with E-state index in [4.69, 9.17) is 0 Å². The minimum Gasteiger partial charge on any atom is -0.304 e. The number of H-pyrrole nitrogens is 1. The van der Waals surface area contributed by atoms with Crippen molar-refractivity contribution in [1.29, 1.82) is 0 Å². The molecule has 0 unspecified atom stereocenters. The molecule has 0 fully saturated rings.